The highest BCUT2D eigenvalue weighted by Crippen LogP contribution is 2.40. The summed E-state index contributed by atoms with van der Waals surface area (Å²) in [6.45, 7) is 1.60. The number of benzene rings is 1. The van der Waals surface area contributed by atoms with Crippen molar-refractivity contribution in [3.63, 3.8) is 0 Å². The number of aromatic hydroxyl groups is 1. The predicted octanol–water partition coefficient (Wildman–Crippen LogP) is 2.64. The van der Waals surface area contributed by atoms with Crippen molar-refractivity contribution in [1.82, 2.24) is 25.3 Å². The minimum absolute atomic E-state index is 0.0603. The molecule has 7 nitrogen and oxygen atoms in total. The van der Waals surface area contributed by atoms with Gasteiger partial charge in [0.05, 0.1) is 18.4 Å². The van der Waals surface area contributed by atoms with Crippen molar-refractivity contribution < 1.29 is 13.9 Å². The van der Waals surface area contributed by atoms with E-state index in [9.17, 15) is 13.9 Å². The summed E-state index contributed by atoms with van der Waals surface area (Å²) in [6.07, 6.45) is 3.29. The van der Waals surface area contributed by atoms with Gasteiger partial charge >= 0.3 is 0 Å². The standard InChI is InChI=1S/C19H20F2N6O/c1-18(6-7-23-11-19(18,20)21)27-10-12(9-24-27)14-8-15(25-26-17(14)22)13-4-2-3-5-16(13)28/h2-5,8-10,23,28H,6-7,11H2,1H3,(H2,22,26)/t18-/m0/s1. The Bertz CT molecular complexity index is 1020. The van der Waals surface area contributed by atoms with Crippen LogP contribution in [0.5, 0.6) is 5.75 Å². The van der Waals surface area contributed by atoms with Gasteiger partial charge in [-0.25, -0.2) is 8.78 Å². The summed E-state index contributed by atoms with van der Waals surface area (Å²) >= 11 is 0. The molecule has 1 atom stereocenters. The molecule has 0 bridgehead atoms. The minimum Gasteiger partial charge on any atom is -0.507 e. The van der Waals surface area contributed by atoms with Crippen LogP contribution in [0.4, 0.5) is 14.6 Å². The molecular weight excluding hydrogens is 366 g/mol. The van der Waals surface area contributed by atoms with Crippen LogP contribution in [0.2, 0.25) is 0 Å². The van der Waals surface area contributed by atoms with E-state index in [1.807, 2.05) is 0 Å². The number of para-hydroxylation sites is 1. The molecule has 0 saturated carbocycles. The zero-order valence-electron chi connectivity index (χ0n) is 15.2. The maximum absolute atomic E-state index is 14.6. The van der Waals surface area contributed by atoms with Crippen molar-refractivity contribution in [2.45, 2.75) is 24.8 Å². The number of halogens is 2. The summed E-state index contributed by atoms with van der Waals surface area (Å²) in [4.78, 5) is 0. The maximum Gasteiger partial charge on any atom is 0.284 e. The first-order valence-corrected chi connectivity index (χ1v) is 8.87. The Morgan fingerprint density at radius 2 is 2.00 bits per heavy atom. The molecule has 4 rings (SSSR count). The number of alkyl halides is 2. The molecule has 0 amide bonds. The number of hydrogen-bond acceptors (Lipinski definition) is 6. The number of phenolic OH excluding ortho intramolecular Hbond substituents is 1. The Balaban J connectivity index is 1.75. The van der Waals surface area contributed by atoms with Crippen LogP contribution in [0.15, 0.2) is 42.7 Å². The van der Waals surface area contributed by atoms with Crippen LogP contribution in [-0.4, -0.2) is 44.1 Å². The largest absolute Gasteiger partial charge is 0.507 e. The number of nitrogens with one attached hydrogen (secondary N) is 1. The third-order valence-electron chi connectivity index (χ3n) is 5.33. The van der Waals surface area contributed by atoms with Crippen molar-refractivity contribution in [2.75, 3.05) is 18.8 Å². The molecule has 1 aliphatic rings. The van der Waals surface area contributed by atoms with Crippen LogP contribution in [0.1, 0.15) is 13.3 Å². The molecule has 0 aliphatic carbocycles. The average molecular weight is 386 g/mol. The van der Waals surface area contributed by atoms with Gasteiger partial charge in [-0.05, 0) is 38.1 Å². The van der Waals surface area contributed by atoms with Crippen LogP contribution in [0.25, 0.3) is 22.4 Å². The zero-order chi connectivity index (χ0) is 19.9. The van der Waals surface area contributed by atoms with Gasteiger partial charge in [0.1, 0.15) is 11.3 Å². The number of phenols is 1. The van der Waals surface area contributed by atoms with E-state index in [1.54, 1.807) is 36.5 Å². The second-order valence-electron chi connectivity index (χ2n) is 7.12. The summed E-state index contributed by atoms with van der Waals surface area (Å²) in [7, 11) is 0. The smallest absolute Gasteiger partial charge is 0.284 e. The molecule has 1 saturated heterocycles. The Morgan fingerprint density at radius 3 is 2.75 bits per heavy atom. The second kappa shape index (κ2) is 6.52. The van der Waals surface area contributed by atoms with Crippen LogP contribution < -0.4 is 11.1 Å². The molecule has 2 aromatic heterocycles. The lowest BCUT2D eigenvalue weighted by Crippen LogP contribution is -2.58. The lowest BCUT2D eigenvalue weighted by atomic mass is 9.87. The van der Waals surface area contributed by atoms with Crippen LogP contribution >= 0.6 is 0 Å². The Hall–Kier alpha value is -3.07. The molecule has 146 valence electrons. The summed E-state index contributed by atoms with van der Waals surface area (Å²) in [6, 6.07) is 8.39. The van der Waals surface area contributed by atoms with Crippen molar-refractivity contribution >= 4 is 5.82 Å². The summed E-state index contributed by atoms with van der Waals surface area (Å²) in [5, 5.41) is 25.0. The fourth-order valence-electron chi connectivity index (χ4n) is 3.42. The molecule has 0 unspecified atom stereocenters. The predicted molar refractivity (Wildman–Crippen MR) is 101 cm³/mol. The quantitative estimate of drug-likeness (QED) is 0.640. The van der Waals surface area contributed by atoms with E-state index >= 15 is 0 Å². The summed E-state index contributed by atoms with van der Waals surface area (Å²) in [5.41, 5.74) is 6.54. The molecule has 0 spiro atoms. The SMILES string of the molecule is C[C@]1(n2cc(-c3cc(-c4ccccc4O)nnc3N)cn2)CCNCC1(F)F. The third kappa shape index (κ3) is 2.88. The molecule has 28 heavy (non-hydrogen) atoms. The van der Waals surface area contributed by atoms with Crippen LogP contribution in [0, 0.1) is 0 Å². The van der Waals surface area contributed by atoms with E-state index < -0.39 is 18.0 Å². The maximum atomic E-state index is 14.6. The van der Waals surface area contributed by atoms with Crippen molar-refractivity contribution in [3.8, 4) is 28.1 Å². The summed E-state index contributed by atoms with van der Waals surface area (Å²) < 4.78 is 30.4. The number of rotatable bonds is 3. The monoisotopic (exact) mass is 386 g/mol. The number of nitrogen functional groups attached to an aromatic ring is 1. The number of anilines is 1. The highest BCUT2D eigenvalue weighted by Gasteiger charge is 2.53. The number of nitrogens with two attached hydrogens (primary N) is 1. The Labute approximate surface area is 160 Å². The van der Waals surface area contributed by atoms with E-state index in [1.165, 1.54) is 17.8 Å². The van der Waals surface area contributed by atoms with Crippen molar-refractivity contribution in [3.05, 3.63) is 42.7 Å². The normalized spacial score (nSPS) is 21.5. The van der Waals surface area contributed by atoms with E-state index in [-0.39, 0.29) is 18.0 Å². The van der Waals surface area contributed by atoms with Gasteiger partial charge in [-0.1, -0.05) is 12.1 Å². The molecule has 1 aliphatic heterocycles. The molecule has 1 fully saturated rings. The number of hydrogen-bond donors (Lipinski definition) is 3. The number of piperidine rings is 1. The molecule has 9 heteroatoms. The summed E-state index contributed by atoms with van der Waals surface area (Å²) in [5.74, 6) is -2.73. The fourth-order valence-corrected chi connectivity index (χ4v) is 3.42. The molecule has 3 heterocycles. The Kier molecular flexibility index (Phi) is 4.26. The average Bonchev–Trinajstić information content (AvgIpc) is 3.16. The molecular formula is C19H20F2N6O. The van der Waals surface area contributed by atoms with Gasteiger partial charge in [-0.3, -0.25) is 4.68 Å². The van der Waals surface area contributed by atoms with E-state index in [0.29, 0.717) is 28.9 Å². The first kappa shape index (κ1) is 18.3. The Morgan fingerprint density at radius 1 is 1.21 bits per heavy atom. The van der Waals surface area contributed by atoms with Crippen molar-refractivity contribution in [1.29, 1.82) is 0 Å². The van der Waals surface area contributed by atoms with E-state index in [4.69, 9.17) is 5.73 Å². The molecule has 3 aromatic rings. The molecule has 1 aromatic carbocycles. The molecule has 0 radical (unpaired) electrons. The number of nitrogens with zero attached hydrogens (tertiary/aromatic N) is 4. The van der Waals surface area contributed by atoms with Gasteiger partial charge in [-0.2, -0.15) is 5.10 Å². The van der Waals surface area contributed by atoms with Gasteiger partial charge in [0.25, 0.3) is 5.92 Å². The second-order valence-corrected chi connectivity index (χ2v) is 7.12. The first-order valence-electron chi connectivity index (χ1n) is 8.87. The minimum atomic E-state index is -2.95. The lowest BCUT2D eigenvalue weighted by Gasteiger charge is -2.41. The van der Waals surface area contributed by atoms with Crippen molar-refractivity contribution in [2.24, 2.45) is 0 Å². The topological polar surface area (TPSA) is 102 Å². The van der Waals surface area contributed by atoms with Gasteiger partial charge in [0, 0.05) is 22.9 Å². The van der Waals surface area contributed by atoms with Gasteiger partial charge < -0.3 is 16.2 Å². The highest BCUT2D eigenvalue weighted by atomic mass is 19.3. The highest BCUT2D eigenvalue weighted by molar-refractivity contribution is 5.78. The van der Waals surface area contributed by atoms with E-state index in [2.05, 4.69) is 20.6 Å². The van der Waals surface area contributed by atoms with Gasteiger partial charge in [-0.15, -0.1) is 10.2 Å². The number of aromatic nitrogens is 4. The first-order chi connectivity index (χ1) is 13.3. The lowest BCUT2D eigenvalue weighted by molar-refractivity contribution is -0.124. The fraction of sp³-hybridized carbons (Fsp3) is 0.316. The van der Waals surface area contributed by atoms with E-state index in [0.717, 1.165) is 0 Å². The van der Waals surface area contributed by atoms with Gasteiger partial charge in [0.15, 0.2) is 5.82 Å². The molecule has 4 N–H and O–H groups in total. The van der Waals surface area contributed by atoms with Crippen LogP contribution in [0.3, 0.4) is 0 Å². The third-order valence-corrected chi connectivity index (χ3v) is 5.33. The van der Waals surface area contributed by atoms with Crippen LogP contribution in [-0.2, 0) is 5.54 Å². The van der Waals surface area contributed by atoms with Gasteiger partial charge in [0.2, 0.25) is 0 Å². The zero-order valence-corrected chi connectivity index (χ0v) is 15.2.